The van der Waals surface area contributed by atoms with Crippen molar-refractivity contribution in [2.75, 3.05) is 20.1 Å². The van der Waals surface area contributed by atoms with Crippen molar-refractivity contribution in [3.63, 3.8) is 0 Å². The van der Waals surface area contributed by atoms with Gasteiger partial charge in [-0.25, -0.2) is 9.37 Å². The second kappa shape index (κ2) is 13.5. The van der Waals surface area contributed by atoms with Gasteiger partial charge in [-0.3, -0.25) is 4.99 Å². The van der Waals surface area contributed by atoms with Gasteiger partial charge in [0.25, 0.3) is 0 Å². The summed E-state index contributed by atoms with van der Waals surface area (Å²) in [7, 11) is 2.04. The standard InChI is InChI=1S/C22H25FN4OS.C9H12/c1-15(2)24-12-9-16(3)20-19(17-5-7-18(23)8-6-17)25-21(29-20)22(26-28)10-13-27(4)14-11-22;1-8(2)9-6-4-3-5-7-9/h5-9,12H,3,10-11,13-14H2,1-2,4H3;3-8H,1-2H3/b12-9-;. The fourth-order valence-corrected chi connectivity index (χ4v) is 5.28. The maximum absolute atomic E-state index is 13.4. The molecule has 1 aliphatic rings. The maximum atomic E-state index is 13.4. The van der Waals surface area contributed by atoms with Gasteiger partial charge in [-0.05, 0) is 81.1 Å². The zero-order valence-electron chi connectivity index (χ0n) is 22.9. The molecular weight excluding hydrogens is 495 g/mol. The van der Waals surface area contributed by atoms with Gasteiger partial charge in [-0.2, -0.15) is 0 Å². The number of halogens is 1. The van der Waals surface area contributed by atoms with Gasteiger partial charge in [0, 0.05) is 30.6 Å². The van der Waals surface area contributed by atoms with Gasteiger partial charge in [0.15, 0.2) is 5.54 Å². The molecular formula is C31H37FN4OS. The summed E-state index contributed by atoms with van der Waals surface area (Å²) in [6, 6.07) is 16.7. The lowest BCUT2D eigenvalue weighted by atomic mass is 9.89. The van der Waals surface area contributed by atoms with E-state index >= 15 is 0 Å². The molecule has 0 unspecified atom stereocenters. The van der Waals surface area contributed by atoms with E-state index in [9.17, 15) is 9.30 Å². The smallest absolute Gasteiger partial charge is 0.156 e. The monoisotopic (exact) mass is 532 g/mol. The fraction of sp³-hybridized carbons (Fsp3) is 0.355. The summed E-state index contributed by atoms with van der Waals surface area (Å²) in [6.45, 7) is 14.0. The predicted octanol–water partition coefficient (Wildman–Crippen LogP) is 8.45. The number of rotatable bonds is 7. The molecule has 0 spiro atoms. The Bertz CT molecular complexity index is 1270. The minimum absolute atomic E-state index is 0.307. The number of piperidine rings is 1. The molecule has 200 valence electrons. The van der Waals surface area contributed by atoms with Crippen molar-refractivity contribution < 1.29 is 4.39 Å². The molecule has 0 amide bonds. The van der Waals surface area contributed by atoms with Crippen LogP contribution in [0.1, 0.15) is 61.9 Å². The predicted molar refractivity (Wildman–Crippen MR) is 159 cm³/mol. The lowest BCUT2D eigenvalue weighted by Crippen LogP contribution is -2.39. The molecule has 7 heteroatoms. The number of hydrogen-bond donors (Lipinski definition) is 0. The number of allylic oxidation sites excluding steroid dienone is 2. The molecule has 0 radical (unpaired) electrons. The summed E-state index contributed by atoms with van der Waals surface area (Å²) in [4.78, 5) is 24.0. The number of thiazole rings is 1. The van der Waals surface area contributed by atoms with Gasteiger partial charge in [0.1, 0.15) is 10.8 Å². The van der Waals surface area contributed by atoms with E-state index in [1.807, 2.05) is 33.0 Å². The van der Waals surface area contributed by atoms with Crippen molar-refractivity contribution in [2.45, 2.75) is 52.0 Å². The van der Waals surface area contributed by atoms with Crippen molar-refractivity contribution in [3.05, 3.63) is 99.6 Å². The second-order valence-electron chi connectivity index (χ2n) is 10.1. The van der Waals surface area contributed by atoms with E-state index in [0.717, 1.165) is 34.8 Å². The number of likely N-dealkylation sites (tertiary alicyclic amines) is 1. The number of hydrogen-bond acceptors (Lipinski definition) is 6. The Kier molecular flexibility index (Phi) is 10.4. The van der Waals surface area contributed by atoms with E-state index in [2.05, 4.69) is 59.8 Å². The number of aliphatic imine (C=N–C) groups is 1. The van der Waals surface area contributed by atoms with Crippen molar-refractivity contribution in [3.8, 4) is 11.3 Å². The molecule has 0 N–H and O–H groups in total. The van der Waals surface area contributed by atoms with Crippen LogP contribution in [0.4, 0.5) is 4.39 Å². The average molecular weight is 533 g/mol. The first-order valence-electron chi connectivity index (χ1n) is 12.9. The zero-order valence-corrected chi connectivity index (χ0v) is 23.8. The zero-order chi connectivity index (χ0) is 27.7. The lowest BCUT2D eigenvalue weighted by Gasteiger charge is -2.33. The molecule has 2 heterocycles. The van der Waals surface area contributed by atoms with Crippen LogP contribution in [-0.2, 0) is 5.54 Å². The molecule has 0 aliphatic carbocycles. The summed E-state index contributed by atoms with van der Waals surface area (Å²) < 4.78 is 13.4. The van der Waals surface area contributed by atoms with Crippen molar-refractivity contribution in [2.24, 2.45) is 10.2 Å². The summed E-state index contributed by atoms with van der Waals surface area (Å²) in [5.74, 6) is 0.352. The maximum Gasteiger partial charge on any atom is 0.156 e. The van der Waals surface area contributed by atoms with E-state index in [4.69, 9.17) is 4.98 Å². The molecule has 5 nitrogen and oxygen atoms in total. The van der Waals surface area contributed by atoms with Crippen molar-refractivity contribution in [1.82, 2.24) is 9.88 Å². The summed E-state index contributed by atoms with van der Waals surface area (Å²) >= 11 is 1.44. The molecule has 0 atom stereocenters. The van der Waals surface area contributed by atoms with Crippen molar-refractivity contribution >= 4 is 22.6 Å². The SMILES string of the molecule is C=C(/C=C\N=C(C)C)c1sc(C2(N=O)CCN(C)CC2)nc1-c1ccc(F)cc1.CC(C)c1ccccc1. The topological polar surface area (TPSA) is 57.9 Å². The molecule has 1 aliphatic heterocycles. The van der Waals surface area contributed by atoms with Crippen LogP contribution in [0.3, 0.4) is 0 Å². The third-order valence-corrected chi connectivity index (χ3v) is 7.82. The van der Waals surface area contributed by atoms with Crippen molar-refractivity contribution in [1.29, 1.82) is 0 Å². The Morgan fingerprint density at radius 1 is 1.11 bits per heavy atom. The minimum atomic E-state index is -0.827. The average Bonchev–Trinajstić information content (AvgIpc) is 3.37. The number of nitroso groups, excluding NO2 is 1. The van der Waals surface area contributed by atoms with Gasteiger partial charge in [-0.1, -0.05) is 55.9 Å². The van der Waals surface area contributed by atoms with Crippen LogP contribution < -0.4 is 0 Å². The number of nitrogens with zero attached hydrogens (tertiary/aromatic N) is 4. The first kappa shape index (κ1) is 29.3. The van der Waals surface area contributed by atoms with E-state index in [-0.39, 0.29) is 5.82 Å². The summed E-state index contributed by atoms with van der Waals surface area (Å²) in [5, 5.41) is 4.23. The van der Waals surface area contributed by atoms with Crippen LogP contribution in [0.15, 0.2) is 83.6 Å². The minimum Gasteiger partial charge on any atom is -0.306 e. The van der Waals surface area contributed by atoms with Crippen LogP contribution in [0.25, 0.3) is 16.8 Å². The molecule has 2 aromatic carbocycles. The van der Waals surface area contributed by atoms with Crippen LogP contribution in [0.2, 0.25) is 0 Å². The highest BCUT2D eigenvalue weighted by Gasteiger charge is 2.40. The first-order valence-corrected chi connectivity index (χ1v) is 13.7. The fourth-order valence-electron chi connectivity index (χ4n) is 4.06. The molecule has 1 fully saturated rings. The quantitative estimate of drug-likeness (QED) is 0.174. The molecule has 38 heavy (non-hydrogen) atoms. The molecule has 1 saturated heterocycles. The number of aromatic nitrogens is 1. The van der Waals surface area contributed by atoms with Gasteiger partial charge in [-0.15, -0.1) is 16.2 Å². The third-order valence-electron chi connectivity index (χ3n) is 6.50. The van der Waals surface area contributed by atoms with Crippen LogP contribution in [-0.4, -0.2) is 35.7 Å². The van der Waals surface area contributed by atoms with Crippen LogP contribution in [0.5, 0.6) is 0 Å². The number of benzene rings is 2. The van der Waals surface area contributed by atoms with Gasteiger partial charge in [0.2, 0.25) is 0 Å². The normalized spacial score (nSPS) is 15.1. The van der Waals surface area contributed by atoms with Gasteiger partial charge in [0.05, 0.1) is 10.6 Å². The Labute approximate surface area is 229 Å². The highest BCUT2D eigenvalue weighted by Crippen LogP contribution is 2.43. The second-order valence-corrected chi connectivity index (χ2v) is 11.1. The van der Waals surface area contributed by atoms with Crippen LogP contribution in [0, 0.1) is 10.7 Å². The van der Waals surface area contributed by atoms with E-state index in [1.165, 1.54) is 29.0 Å². The van der Waals surface area contributed by atoms with Gasteiger partial charge < -0.3 is 4.90 Å². The Balaban J connectivity index is 0.000000375. The largest absolute Gasteiger partial charge is 0.306 e. The lowest BCUT2D eigenvalue weighted by molar-refractivity contribution is 0.191. The molecule has 3 aromatic rings. The highest BCUT2D eigenvalue weighted by molar-refractivity contribution is 7.13. The Hall–Kier alpha value is -3.29. The first-order chi connectivity index (χ1) is 18.1. The Morgan fingerprint density at radius 3 is 2.26 bits per heavy atom. The highest BCUT2D eigenvalue weighted by atomic mass is 32.1. The molecule has 0 saturated carbocycles. The van der Waals surface area contributed by atoms with E-state index in [1.54, 1.807) is 18.3 Å². The van der Waals surface area contributed by atoms with Crippen LogP contribution >= 0.6 is 11.3 Å². The summed E-state index contributed by atoms with van der Waals surface area (Å²) in [6.07, 6.45) is 4.79. The molecule has 4 rings (SSSR count). The van der Waals surface area contributed by atoms with Gasteiger partial charge >= 0.3 is 0 Å². The Morgan fingerprint density at radius 2 is 1.74 bits per heavy atom. The molecule has 0 bridgehead atoms. The van der Waals surface area contributed by atoms with E-state index < -0.39 is 5.54 Å². The molecule has 1 aromatic heterocycles. The van der Waals surface area contributed by atoms with E-state index in [0.29, 0.717) is 29.5 Å². The summed E-state index contributed by atoms with van der Waals surface area (Å²) in [5.41, 5.74) is 3.74. The third kappa shape index (κ3) is 7.62.